The normalized spacial score (nSPS) is 12.5. The number of hydrogen-bond acceptors (Lipinski definition) is 6. The second kappa shape index (κ2) is 8.79. The molecule has 6 nitrogen and oxygen atoms in total. The fraction of sp³-hybridized carbons (Fsp3) is 0.211. The zero-order chi connectivity index (χ0) is 20.1. The molecule has 9 heteroatoms. The van der Waals surface area contributed by atoms with Gasteiger partial charge in [0.2, 0.25) is 6.79 Å². The summed E-state index contributed by atoms with van der Waals surface area (Å²) in [6.45, 7) is -2.88. The third kappa shape index (κ3) is 4.83. The fourth-order valence-corrected chi connectivity index (χ4v) is 2.74. The largest absolute Gasteiger partial charge is 0.493 e. The maximum absolute atomic E-state index is 12.3. The minimum Gasteiger partial charge on any atom is -0.493 e. The standard InChI is InChI=1S/C19H15ClF2O6/c1-24-15-7-11(2-4-14(15)28-19(21)22)3-5-17(23)25-9-12-6-13(20)18-16(8-12)26-10-27-18/h2-8,19H,9-10H2,1H3/b5-3+. The monoisotopic (exact) mass is 412 g/mol. The summed E-state index contributed by atoms with van der Waals surface area (Å²) < 4.78 is 49.7. The molecule has 0 radical (unpaired) electrons. The van der Waals surface area contributed by atoms with Gasteiger partial charge in [-0.15, -0.1) is 0 Å². The number of alkyl halides is 2. The Hall–Kier alpha value is -3.00. The van der Waals surface area contributed by atoms with E-state index in [0.717, 1.165) is 0 Å². The summed E-state index contributed by atoms with van der Waals surface area (Å²) in [6, 6.07) is 7.59. The van der Waals surface area contributed by atoms with Crippen LogP contribution in [0, 0.1) is 0 Å². The van der Waals surface area contributed by atoms with Crippen LogP contribution in [0.15, 0.2) is 36.4 Å². The summed E-state index contributed by atoms with van der Waals surface area (Å²) >= 11 is 6.08. The van der Waals surface area contributed by atoms with Gasteiger partial charge in [0.25, 0.3) is 0 Å². The van der Waals surface area contributed by atoms with E-state index >= 15 is 0 Å². The van der Waals surface area contributed by atoms with Crippen LogP contribution in [-0.4, -0.2) is 26.5 Å². The lowest BCUT2D eigenvalue weighted by Crippen LogP contribution is -2.03. The van der Waals surface area contributed by atoms with Gasteiger partial charge in [0.15, 0.2) is 23.0 Å². The molecule has 0 fully saturated rings. The van der Waals surface area contributed by atoms with Crippen LogP contribution in [0.25, 0.3) is 6.08 Å². The molecule has 1 aliphatic heterocycles. The minimum atomic E-state index is -2.96. The van der Waals surface area contributed by atoms with Crippen LogP contribution >= 0.6 is 11.6 Å². The van der Waals surface area contributed by atoms with E-state index in [1.807, 2.05) is 0 Å². The number of rotatable bonds is 7. The van der Waals surface area contributed by atoms with E-state index in [4.69, 9.17) is 30.5 Å². The Bertz CT molecular complexity index is 900. The maximum atomic E-state index is 12.3. The van der Waals surface area contributed by atoms with Crippen molar-refractivity contribution in [2.45, 2.75) is 13.2 Å². The first-order valence-electron chi connectivity index (χ1n) is 8.02. The molecule has 0 amide bonds. The van der Waals surface area contributed by atoms with Crippen molar-refractivity contribution < 1.29 is 37.3 Å². The molecule has 3 rings (SSSR count). The lowest BCUT2D eigenvalue weighted by molar-refractivity contribution is -0.138. The smallest absolute Gasteiger partial charge is 0.387 e. The number of methoxy groups -OCH3 is 1. The highest BCUT2D eigenvalue weighted by Crippen LogP contribution is 2.39. The number of benzene rings is 2. The highest BCUT2D eigenvalue weighted by Gasteiger charge is 2.18. The molecule has 148 valence electrons. The number of halogens is 3. The van der Waals surface area contributed by atoms with E-state index in [2.05, 4.69) is 4.74 Å². The van der Waals surface area contributed by atoms with Crippen molar-refractivity contribution in [1.82, 2.24) is 0 Å². The van der Waals surface area contributed by atoms with Crippen LogP contribution < -0.4 is 18.9 Å². The van der Waals surface area contributed by atoms with Crippen molar-refractivity contribution in [2.75, 3.05) is 13.9 Å². The Morgan fingerprint density at radius 1 is 1.25 bits per heavy atom. The van der Waals surface area contributed by atoms with Gasteiger partial charge < -0.3 is 23.7 Å². The molecule has 1 heterocycles. The minimum absolute atomic E-state index is 0.00990. The van der Waals surface area contributed by atoms with Gasteiger partial charge in [0.05, 0.1) is 12.1 Å². The van der Waals surface area contributed by atoms with Gasteiger partial charge in [0, 0.05) is 6.08 Å². The van der Waals surface area contributed by atoms with Crippen molar-refractivity contribution in [3.05, 3.63) is 52.6 Å². The second-order valence-corrected chi connectivity index (χ2v) is 5.95. The molecular formula is C19H15ClF2O6. The van der Waals surface area contributed by atoms with Crippen LogP contribution in [0.2, 0.25) is 5.02 Å². The highest BCUT2D eigenvalue weighted by atomic mass is 35.5. The Balaban J connectivity index is 1.60. The first-order chi connectivity index (χ1) is 13.5. The van der Waals surface area contributed by atoms with Crippen molar-refractivity contribution in [1.29, 1.82) is 0 Å². The topological polar surface area (TPSA) is 63.2 Å². The number of ether oxygens (including phenoxy) is 5. The molecule has 0 spiro atoms. The van der Waals surface area contributed by atoms with Crippen molar-refractivity contribution >= 4 is 23.6 Å². The summed E-state index contributed by atoms with van der Waals surface area (Å²) in [5, 5.41) is 0.370. The van der Waals surface area contributed by atoms with E-state index in [0.29, 0.717) is 27.6 Å². The average Bonchev–Trinajstić information content (AvgIpc) is 3.14. The van der Waals surface area contributed by atoms with Gasteiger partial charge in [0.1, 0.15) is 6.61 Å². The van der Waals surface area contributed by atoms with E-state index in [1.165, 1.54) is 37.5 Å². The third-order valence-electron chi connectivity index (χ3n) is 3.68. The molecule has 0 unspecified atom stereocenters. The summed E-state index contributed by atoms with van der Waals surface area (Å²) in [4.78, 5) is 11.9. The number of esters is 1. The molecule has 0 N–H and O–H groups in total. The maximum Gasteiger partial charge on any atom is 0.387 e. The molecule has 0 bridgehead atoms. The van der Waals surface area contributed by atoms with Crippen LogP contribution in [0.5, 0.6) is 23.0 Å². The third-order valence-corrected chi connectivity index (χ3v) is 3.96. The average molecular weight is 413 g/mol. The van der Waals surface area contributed by atoms with Gasteiger partial charge in [-0.3, -0.25) is 0 Å². The van der Waals surface area contributed by atoms with Crippen LogP contribution in [-0.2, 0) is 16.1 Å². The zero-order valence-corrected chi connectivity index (χ0v) is 15.4. The predicted octanol–water partition coefficient (Wildman–Crippen LogP) is 4.44. The predicted molar refractivity (Wildman–Crippen MR) is 96.0 cm³/mol. The number of carbonyl (C=O) groups excluding carboxylic acids is 1. The van der Waals surface area contributed by atoms with Gasteiger partial charge in [-0.1, -0.05) is 17.7 Å². The highest BCUT2D eigenvalue weighted by molar-refractivity contribution is 6.32. The molecule has 0 atom stereocenters. The lowest BCUT2D eigenvalue weighted by Gasteiger charge is -2.10. The van der Waals surface area contributed by atoms with E-state index in [-0.39, 0.29) is 24.9 Å². The molecule has 2 aromatic carbocycles. The molecule has 28 heavy (non-hydrogen) atoms. The van der Waals surface area contributed by atoms with Crippen molar-refractivity contribution in [2.24, 2.45) is 0 Å². The van der Waals surface area contributed by atoms with E-state index in [1.54, 1.807) is 12.1 Å². The van der Waals surface area contributed by atoms with E-state index < -0.39 is 12.6 Å². The summed E-state index contributed by atoms with van der Waals surface area (Å²) in [5.41, 5.74) is 1.19. The van der Waals surface area contributed by atoms with Crippen LogP contribution in [0.3, 0.4) is 0 Å². The summed E-state index contributed by atoms with van der Waals surface area (Å²) in [7, 11) is 1.33. The Morgan fingerprint density at radius 3 is 2.82 bits per heavy atom. The molecule has 0 saturated heterocycles. The van der Waals surface area contributed by atoms with Crippen molar-refractivity contribution in [3.63, 3.8) is 0 Å². The van der Waals surface area contributed by atoms with Gasteiger partial charge in [-0.05, 0) is 41.5 Å². The Kier molecular flexibility index (Phi) is 6.20. The van der Waals surface area contributed by atoms with Crippen molar-refractivity contribution in [3.8, 4) is 23.0 Å². The number of fused-ring (bicyclic) bond motifs is 1. The molecule has 0 aromatic heterocycles. The van der Waals surface area contributed by atoms with Crippen LogP contribution in [0.1, 0.15) is 11.1 Å². The summed E-state index contributed by atoms with van der Waals surface area (Å²) in [5.74, 6) is 0.376. The number of carbonyl (C=O) groups is 1. The van der Waals surface area contributed by atoms with E-state index in [9.17, 15) is 13.6 Å². The van der Waals surface area contributed by atoms with Gasteiger partial charge in [-0.25, -0.2) is 4.79 Å². The molecule has 2 aromatic rings. The fourth-order valence-electron chi connectivity index (χ4n) is 2.45. The lowest BCUT2D eigenvalue weighted by atomic mass is 10.2. The van der Waals surface area contributed by atoms with Gasteiger partial charge in [-0.2, -0.15) is 8.78 Å². The molecule has 1 aliphatic rings. The van der Waals surface area contributed by atoms with Gasteiger partial charge >= 0.3 is 12.6 Å². The molecule has 0 saturated carbocycles. The Morgan fingerprint density at radius 2 is 2.07 bits per heavy atom. The first-order valence-corrected chi connectivity index (χ1v) is 8.40. The molecule has 0 aliphatic carbocycles. The van der Waals surface area contributed by atoms with Crippen LogP contribution in [0.4, 0.5) is 8.78 Å². The quantitative estimate of drug-likeness (QED) is 0.495. The SMILES string of the molecule is COc1cc(/C=C/C(=O)OCc2cc(Cl)c3c(c2)OCO3)ccc1OC(F)F. The number of hydrogen-bond donors (Lipinski definition) is 0. The zero-order valence-electron chi connectivity index (χ0n) is 14.6. The Labute approximate surface area is 164 Å². The summed E-state index contributed by atoms with van der Waals surface area (Å²) in [6.07, 6.45) is 2.67. The second-order valence-electron chi connectivity index (χ2n) is 5.54. The molecular weight excluding hydrogens is 398 g/mol. The first kappa shape index (κ1) is 19.8.